The van der Waals surface area contributed by atoms with Crippen LogP contribution in [0.5, 0.6) is 0 Å². The zero-order valence-corrected chi connectivity index (χ0v) is 15.1. The number of carbonyl (C=O) groups excluding carboxylic acids is 1. The lowest BCUT2D eigenvalue weighted by molar-refractivity contribution is -0.141. The standard InChI is InChI=1S/C18H13N3O3S2/c22-17(11-26-16-8-19-13-4-1-2-5-14(13)21-16)23-9-12-10-24-18(20-12)15-6-3-7-25-15/h1-8,10H,9,11H2. The van der Waals surface area contributed by atoms with Gasteiger partial charge in [0.25, 0.3) is 0 Å². The molecule has 4 rings (SSSR count). The first-order chi connectivity index (χ1) is 12.8. The van der Waals surface area contributed by atoms with E-state index in [1.807, 2.05) is 41.8 Å². The predicted molar refractivity (Wildman–Crippen MR) is 99.9 cm³/mol. The quantitative estimate of drug-likeness (QED) is 0.365. The minimum Gasteiger partial charge on any atom is -0.458 e. The summed E-state index contributed by atoms with van der Waals surface area (Å²) >= 11 is 2.83. The van der Waals surface area contributed by atoms with Crippen molar-refractivity contribution in [2.24, 2.45) is 0 Å². The third kappa shape index (κ3) is 3.92. The van der Waals surface area contributed by atoms with E-state index in [-0.39, 0.29) is 18.3 Å². The number of fused-ring (bicyclic) bond motifs is 1. The van der Waals surface area contributed by atoms with Gasteiger partial charge in [-0.2, -0.15) is 0 Å². The van der Waals surface area contributed by atoms with E-state index in [1.165, 1.54) is 29.4 Å². The lowest BCUT2D eigenvalue weighted by Gasteiger charge is -2.03. The molecule has 0 atom stereocenters. The molecule has 0 spiro atoms. The summed E-state index contributed by atoms with van der Waals surface area (Å²) in [5.74, 6) is 0.348. The number of benzene rings is 1. The van der Waals surface area contributed by atoms with Gasteiger partial charge in [0.05, 0.1) is 27.9 Å². The number of para-hydroxylation sites is 2. The molecule has 0 unspecified atom stereocenters. The van der Waals surface area contributed by atoms with Gasteiger partial charge in [0.15, 0.2) is 0 Å². The van der Waals surface area contributed by atoms with E-state index < -0.39 is 0 Å². The van der Waals surface area contributed by atoms with Gasteiger partial charge in [-0.05, 0) is 23.6 Å². The highest BCUT2D eigenvalue weighted by molar-refractivity contribution is 7.99. The Bertz CT molecular complexity index is 1030. The van der Waals surface area contributed by atoms with E-state index in [2.05, 4.69) is 15.0 Å². The van der Waals surface area contributed by atoms with Gasteiger partial charge in [-0.25, -0.2) is 9.97 Å². The van der Waals surface area contributed by atoms with Crippen molar-refractivity contribution in [1.29, 1.82) is 0 Å². The lowest BCUT2D eigenvalue weighted by atomic mass is 10.3. The maximum atomic E-state index is 11.9. The minimum absolute atomic E-state index is 0.0810. The molecule has 0 fully saturated rings. The van der Waals surface area contributed by atoms with Crippen LogP contribution in [-0.4, -0.2) is 26.7 Å². The van der Waals surface area contributed by atoms with Crippen LogP contribution in [0.25, 0.3) is 21.8 Å². The van der Waals surface area contributed by atoms with Crippen molar-refractivity contribution in [3.05, 3.63) is 59.9 Å². The van der Waals surface area contributed by atoms with E-state index in [4.69, 9.17) is 9.15 Å². The molecule has 0 amide bonds. The van der Waals surface area contributed by atoms with Gasteiger partial charge in [0, 0.05) is 0 Å². The van der Waals surface area contributed by atoms with E-state index in [0.717, 1.165) is 15.9 Å². The van der Waals surface area contributed by atoms with Gasteiger partial charge < -0.3 is 9.15 Å². The Labute approximate surface area is 157 Å². The Hall–Kier alpha value is -2.71. The second-order valence-electron chi connectivity index (χ2n) is 5.27. The third-order valence-electron chi connectivity index (χ3n) is 3.43. The number of nitrogens with zero attached hydrogens (tertiary/aromatic N) is 3. The number of hydrogen-bond acceptors (Lipinski definition) is 8. The Morgan fingerprint density at radius 3 is 2.88 bits per heavy atom. The summed E-state index contributed by atoms with van der Waals surface area (Å²) in [6.45, 7) is 0.0810. The fourth-order valence-corrected chi connectivity index (χ4v) is 3.52. The molecule has 3 aromatic heterocycles. The Morgan fingerprint density at radius 2 is 2.04 bits per heavy atom. The highest BCUT2D eigenvalue weighted by Gasteiger charge is 2.11. The molecule has 8 heteroatoms. The summed E-state index contributed by atoms with van der Waals surface area (Å²) in [5, 5.41) is 2.63. The summed E-state index contributed by atoms with van der Waals surface area (Å²) in [6.07, 6.45) is 3.16. The van der Waals surface area contributed by atoms with Crippen molar-refractivity contribution >= 4 is 40.1 Å². The first kappa shape index (κ1) is 16.7. The molecule has 130 valence electrons. The fraction of sp³-hybridized carbons (Fsp3) is 0.111. The maximum absolute atomic E-state index is 11.9. The van der Waals surface area contributed by atoms with Crippen LogP contribution in [0.15, 0.2) is 63.7 Å². The molecule has 0 saturated carbocycles. The van der Waals surface area contributed by atoms with Crippen LogP contribution in [0.4, 0.5) is 0 Å². The number of thiophene rings is 1. The molecule has 0 aliphatic carbocycles. The summed E-state index contributed by atoms with van der Waals surface area (Å²) in [5.41, 5.74) is 2.21. The monoisotopic (exact) mass is 383 g/mol. The number of oxazole rings is 1. The highest BCUT2D eigenvalue weighted by Crippen LogP contribution is 2.24. The average molecular weight is 383 g/mol. The molecule has 0 bridgehead atoms. The smallest absolute Gasteiger partial charge is 0.316 e. The molecule has 1 aromatic carbocycles. The van der Waals surface area contributed by atoms with Crippen LogP contribution in [0.2, 0.25) is 0 Å². The van der Waals surface area contributed by atoms with Gasteiger partial charge in [-0.3, -0.25) is 9.78 Å². The second-order valence-corrected chi connectivity index (χ2v) is 7.21. The molecule has 0 aliphatic heterocycles. The Morgan fingerprint density at radius 1 is 1.15 bits per heavy atom. The van der Waals surface area contributed by atoms with Crippen LogP contribution in [0, 0.1) is 0 Å². The van der Waals surface area contributed by atoms with E-state index in [9.17, 15) is 4.79 Å². The van der Waals surface area contributed by atoms with Crippen LogP contribution >= 0.6 is 23.1 Å². The molecule has 0 N–H and O–H groups in total. The van der Waals surface area contributed by atoms with Crippen LogP contribution in [-0.2, 0) is 16.1 Å². The van der Waals surface area contributed by atoms with Crippen LogP contribution in [0.1, 0.15) is 5.69 Å². The molecular formula is C18H13N3O3S2. The Kier molecular flexibility index (Phi) is 4.94. The van der Waals surface area contributed by atoms with Crippen molar-refractivity contribution in [2.75, 3.05) is 5.75 Å². The van der Waals surface area contributed by atoms with Crippen molar-refractivity contribution in [3.8, 4) is 10.8 Å². The first-order valence-corrected chi connectivity index (χ1v) is 9.63. The number of rotatable bonds is 6. The lowest BCUT2D eigenvalue weighted by Crippen LogP contribution is -2.07. The molecule has 0 saturated heterocycles. The first-order valence-electron chi connectivity index (χ1n) is 7.76. The van der Waals surface area contributed by atoms with Gasteiger partial charge in [-0.15, -0.1) is 11.3 Å². The van der Waals surface area contributed by atoms with E-state index in [0.29, 0.717) is 16.6 Å². The number of thioether (sulfide) groups is 1. The third-order valence-corrected chi connectivity index (χ3v) is 5.16. The van der Waals surface area contributed by atoms with Gasteiger partial charge in [0.2, 0.25) is 5.89 Å². The number of carbonyl (C=O) groups is 1. The predicted octanol–water partition coefficient (Wildman–Crippen LogP) is 4.18. The molecule has 6 nitrogen and oxygen atoms in total. The number of hydrogen-bond donors (Lipinski definition) is 0. The molecule has 26 heavy (non-hydrogen) atoms. The van der Waals surface area contributed by atoms with Gasteiger partial charge in [0.1, 0.15) is 23.6 Å². The number of esters is 1. The van der Waals surface area contributed by atoms with Gasteiger partial charge >= 0.3 is 5.97 Å². The molecule has 0 radical (unpaired) electrons. The molecule has 3 heterocycles. The summed E-state index contributed by atoms with van der Waals surface area (Å²) < 4.78 is 10.6. The van der Waals surface area contributed by atoms with Crippen LogP contribution in [0.3, 0.4) is 0 Å². The molecular weight excluding hydrogens is 370 g/mol. The van der Waals surface area contributed by atoms with Crippen molar-refractivity contribution < 1.29 is 13.9 Å². The van der Waals surface area contributed by atoms with Crippen molar-refractivity contribution in [1.82, 2.24) is 15.0 Å². The average Bonchev–Trinajstić information content (AvgIpc) is 3.36. The molecule has 0 aliphatic rings. The van der Waals surface area contributed by atoms with Crippen molar-refractivity contribution in [3.63, 3.8) is 0 Å². The van der Waals surface area contributed by atoms with E-state index in [1.54, 1.807) is 6.20 Å². The highest BCUT2D eigenvalue weighted by atomic mass is 32.2. The second kappa shape index (κ2) is 7.67. The Balaban J connectivity index is 1.30. The number of ether oxygens (including phenoxy) is 1. The van der Waals surface area contributed by atoms with Crippen LogP contribution < -0.4 is 0 Å². The zero-order valence-electron chi connectivity index (χ0n) is 13.5. The van der Waals surface area contributed by atoms with Gasteiger partial charge in [-0.1, -0.05) is 30.0 Å². The molecule has 4 aromatic rings. The summed E-state index contributed by atoms with van der Waals surface area (Å²) in [6, 6.07) is 11.5. The summed E-state index contributed by atoms with van der Waals surface area (Å²) in [4.78, 5) is 26.0. The van der Waals surface area contributed by atoms with Crippen molar-refractivity contribution in [2.45, 2.75) is 11.6 Å². The topological polar surface area (TPSA) is 78.1 Å². The number of aromatic nitrogens is 3. The maximum Gasteiger partial charge on any atom is 0.316 e. The SMILES string of the molecule is O=C(CSc1cnc2ccccc2n1)OCc1coc(-c2cccs2)n1. The summed E-state index contributed by atoms with van der Waals surface area (Å²) in [7, 11) is 0. The normalized spacial score (nSPS) is 10.9. The fourth-order valence-electron chi connectivity index (χ4n) is 2.23. The largest absolute Gasteiger partial charge is 0.458 e. The minimum atomic E-state index is -0.342. The zero-order chi connectivity index (χ0) is 17.8. The van der Waals surface area contributed by atoms with E-state index >= 15 is 0 Å².